The first-order valence-corrected chi connectivity index (χ1v) is 8.66. The van der Waals surface area contributed by atoms with E-state index >= 15 is 0 Å². The number of nitrogens with one attached hydrogen (secondary N) is 1. The van der Waals surface area contributed by atoms with Gasteiger partial charge in [0.15, 0.2) is 5.82 Å². The number of halogens is 1. The number of fused-ring (bicyclic) bond motifs is 1. The molecular weight excluding hydrogens is 361 g/mol. The van der Waals surface area contributed by atoms with Crippen molar-refractivity contribution in [3.63, 3.8) is 0 Å². The van der Waals surface area contributed by atoms with E-state index in [9.17, 15) is 14.0 Å². The van der Waals surface area contributed by atoms with Gasteiger partial charge in [0.05, 0.1) is 23.8 Å². The van der Waals surface area contributed by atoms with Gasteiger partial charge in [-0.1, -0.05) is 24.3 Å². The lowest BCUT2D eigenvalue weighted by molar-refractivity contribution is -0.121. The highest BCUT2D eigenvalue weighted by atomic mass is 19.1. The molecule has 2 heterocycles. The van der Waals surface area contributed by atoms with Gasteiger partial charge in [-0.3, -0.25) is 9.59 Å². The zero-order valence-corrected chi connectivity index (χ0v) is 14.8. The molecule has 0 bridgehead atoms. The van der Waals surface area contributed by atoms with Gasteiger partial charge in [-0.25, -0.2) is 9.37 Å². The van der Waals surface area contributed by atoms with Crippen molar-refractivity contribution in [2.75, 3.05) is 0 Å². The molecule has 0 fully saturated rings. The molecule has 28 heavy (non-hydrogen) atoms. The topological polar surface area (TPSA) is 77.1 Å². The smallest absolute Gasteiger partial charge is 0.240 e. The van der Waals surface area contributed by atoms with Crippen LogP contribution in [0.4, 0.5) is 4.39 Å². The van der Waals surface area contributed by atoms with E-state index < -0.39 is 11.6 Å². The van der Waals surface area contributed by atoms with Crippen LogP contribution in [-0.4, -0.2) is 21.2 Å². The lowest BCUT2D eigenvalue weighted by Gasteiger charge is -2.09. The Kier molecular flexibility index (Phi) is 4.72. The van der Waals surface area contributed by atoms with E-state index in [0.29, 0.717) is 16.8 Å². The Balaban J connectivity index is 1.65. The van der Waals surface area contributed by atoms with Crippen LogP contribution in [-0.2, 0) is 17.9 Å². The molecule has 140 valence electrons. The maximum absolute atomic E-state index is 13.5. The average Bonchev–Trinajstić information content (AvgIpc) is 3.34. The quantitative estimate of drug-likeness (QED) is 0.523. The maximum atomic E-state index is 13.5. The molecule has 1 N–H and O–H groups in total. The fourth-order valence-corrected chi connectivity index (χ4v) is 2.97. The van der Waals surface area contributed by atoms with Gasteiger partial charge < -0.3 is 14.3 Å². The number of imidazole rings is 1. The fraction of sp³-hybridized carbons (Fsp3) is 0.0952. The average molecular weight is 377 g/mol. The summed E-state index contributed by atoms with van der Waals surface area (Å²) in [6.45, 7) is 0.142. The molecule has 0 spiro atoms. The Labute approximate surface area is 159 Å². The Bertz CT molecular complexity index is 1150. The number of para-hydroxylation sites is 2. The Morgan fingerprint density at radius 2 is 1.93 bits per heavy atom. The first-order valence-electron chi connectivity index (χ1n) is 8.66. The van der Waals surface area contributed by atoms with Crippen molar-refractivity contribution in [2.45, 2.75) is 13.1 Å². The van der Waals surface area contributed by atoms with Gasteiger partial charge in [0, 0.05) is 5.56 Å². The number of nitrogens with zero attached hydrogens (tertiary/aromatic N) is 2. The number of rotatable bonds is 6. The van der Waals surface area contributed by atoms with Crippen LogP contribution in [0.5, 0.6) is 0 Å². The van der Waals surface area contributed by atoms with Crippen molar-refractivity contribution in [3.05, 3.63) is 89.9 Å². The third-order valence-electron chi connectivity index (χ3n) is 4.29. The summed E-state index contributed by atoms with van der Waals surface area (Å²) in [5, 5.41) is 2.75. The van der Waals surface area contributed by atoms with Crippen LogP contribution in [0.2, 0.25) is 0 Å². The largest absolute Gasteiger partial charge is 0.467 e. The highest BCUT2D eigenvalue weighted by Gasteiger charge is 2.21. The number of hydrogen-bond acceptors (Lipinski definition) is 4. The minimum Gasteiger partial charge on any atom is -0.467 e. The van der Waals surface area contributed by atoms with E-state index in [4.69, 9.17) is 4.42 Å². The van der Waals surface area contributed by atoms with Gasteiger partial charge >= 0.3 is 0 Å². The van der Waals surface area contributed by atoms with Crippen molar-refractivity contribution in [3.8, 4) is 0 Å². The van der Waals surface area contributed by atoms with E-state index in [1.54, 1.807) is 41.0 Å². The number of benzene rings is 2. The Morgan fingerprint density at radius 3 is 2.71 bits per heavy atom. The van der Waals surface area contributed by atoms with Gasteiger partial charge in [-0.2, -0.15) is 0 Å². The van der Waals surface area contributed by atoms with Crippen LogP contribution < -0.4 is 5.32 Å². The zero-order valence-electron chi connectivity index (χ0n) is 14.8. The minimum absolute atomic E-state index is 0.0833. The van der Waals surface area contributed by atoms with Crippen molar-refractivity contribution in [1.29, 1.82) is 0 Å². The van der Waals surface area contributed by atoms with Crippen LogP contribution in [0.1, 0.15) is 21.9 Å². The van der Waals surface area contributed by atoms with E-state index in [0.717, 1.165) is 6.07 Å². The SMILES string of the molecule is O=C(Cn1c(C(=O)c2cccc(F)c2)nc2ccccc21)NCc1ccco1. The standard InChI is InChI=1S/C21H16FN3O3/c22-15-6-3-5-14(11-15)20(27)21-24-17-8-1-2-9-18(17)25(21)13-19(26)23-12-16-7-4-10-28-16/h1-11H,12-13H2,(H,23,26). The van der Waals surface area contributed by atoms with Crippen LogP contribution in [0, 0.1) is 5.82 Å². The third kappa shape index (κ3) is 3.55. The molecule has 6 nitrogen and oxygen atoms in total. The zero-order chi connectivity index (χ0) is 19.5. The number of furan rings is 1. The number of aromatic nitrogens is 2. The molecule has 0 aliphatic heterocycles. The summed E-state index contributed by atoms with van der Waals surface area (Å²) >= 11 is 0. The molecule has 0 aliphatic carbocycles. The van der Waals surface area contributed by atoms with Crippen molar-refractivity contribution >= 4 is 22.7 Å². The van der Waals surface area contributed by atoms with E-state index in [2.05, 4.69) is 10.3 Å². The van der Waals surface area contributed by atoms with Crippen LogP contribution in [0.3, 0.4) is 0 Å². The lowest BCUT2D eigenvalue weighted by atomic mass is 10.1. The second-order valence-electron chi connectivity index (χ2n) is 6.21. The van der Waals surface area contributed by atoms with Gasteiger partial charge in [-0.05, 0) is 36.4 Å². The molecule has 0 aliphatic rings. The number of ketones is 1. The first-order chi connectivity index (χ1) is 13.6. The number of amides is 1. The summed E-state index contributed by atoms with van der Waals surface area (Å²) in [7, 11) is 0. The summed E-state index contributed by atoms with van der Waals surface area (Å²) in [5.41, 5.74) is 1.41. The molecule has 0 radical (unpaired) electrons. The normalized spacial score (nSPS) is 10.9. The van der Waals surface area contributed by atoms with Gasteiger partial charge in [-0.15, -0.1) is 0 Å². The van der Waals surface area contributed by atoms with Crippen molar-refractivity contribution in [1.82, 2.24) is 14.9 Å². The van der Waals surface area contributed by atoms with Gasteiger partial charge in [0.2, 0.25) is 11.7 Å². The van der Waals surface area contributed by atoms with Gasteiger partial charge in [0.1, 0.15) is 18.1 Å². The fourth-order valence-electron chi connectivity index (χ4n) is 2.97. The molecule has 1 amide bonds. The molecule has 0 saturated heterocycles. The Hall–Kier alpha value is -3.74. The molecular formula is C21H16FN3O3. The molecule has 0 saturated carbocycles. The predicted octanol–water partition coefficient (Wildman–Crippen LogP) is 3.32. The van der Waals surface area contributed by atoms with E-state index in [1.165, 1.54) is 24.5 Å². The summed E-state index contributed by atoms with van der Waals surface area (Å²) in [6, 6.07) is 16.0. The lowest BCUT2D eigenvalue weighted by Crippen LogP contribution is -2.28. The van der Waals surface area contributed by atoms with Crippen LogP contribution in [0.25, 0.3) is 11.0 Å². The summed E-state index contributed by atoms with van der Waals surface area (Å²) in [6.07, 6.45) is 1.53. The molecule has 7 heteroatoms. The van der Waals surface area contributed by atoms with Crippen molar-refractivity contribution < 1.29 is 18.4 Å². The molecule has 0 unspecified atom stereocenters. The van der Waals surface area contributed by atoms with Gasteiger partial charge in [0.25, 0.3) is 0 Å². The highest BCUT2D eigenvalue weighted by molar-refractivity contribution is 6.08. The molecule has 4 rings (SSSR count). The van der Waals surface area contributed by atoms with E-state index in [-0.39, 0.29) is 30.4 Å². The molecule has 2 aromatic carbocycles. The summed E-state index contributed by atoms with van der Waals surface area (Å²) in [4.78, 5) is 29.7. The molecule has 2 aromatic heterocycles. The van der Waals surface area contributed by atoms with Crippen molar-refractivity contribution in [2.24, 2.45) is 0 Å². The number of hydrogen-bond donors (Lipinski definition) is 1. The number of carbonyl (C=O) groups excluding carboxylic acids is 2. The second kappa shape index (κ2) is 7.48. The minimum atomic E-state index is -0.510. The summed E-state index contributed by atoms with van der Waals surface area (Å²) < 4.78 is 20.3. The monoisotopic (exact) mass is 377 g/mol. The molecule has 0 atom stereocenters. The maximum Gasteiger partial charge on any atom is 0.240 e. The third-order valence-corrected chi connectivity index (χ3v) is 4.29. The van der Waals surface area contributed by atoms with Crippen LogP contribution in [0.15, 0.2) is 71.3 Å². The second-order valence-corrected chi connectivity index (χ2v) is 6.21. The molecule has 4 aromatic rings. The Morgan fingerprint density at radius 1 is 1.07 bits per heavy atom. The number of carbonyl (C=O) groups is 2. The predicted molar refractivity (Wildman–Crippen MR) is 100 cm³/mol. The van der Waals surface area contributed by atoms with E-state index in [1.807, 2.05) is 0 Å². The first kappa shape index (κ1) is 17.7. The summed E-state index contributed by atoms with van der Waals surface area (Å²) in [5.74, 6) is -0.549. The van der Waals surface area contributed by atoms with Crippen LogP contribution >= 0.6 is 0 Å². The highest BCUT2D eigenvalue weighted by Crippen LogP contribution is 2.19.